The zero-order chi connectivity index (χ0) is 19.6. The van der Waals surface area contributed by atoms with Crippen LogP contribution in [0.4, 0.5) is 27.6 Å². The number of alkyl halides is 3. The van der Waals surface area contributed by atoms with Crippen LogP contribution in [0.5, 0.6) is 0 Å². The molecule has 0 aliphatic carbocycles. The summed E-state index contributed by atoms with van der Waals surface area (Å²) in [4.78, 5) is 4.55. The molecule has 3 nitrogen and oxygen atoms in total. The van der Waals surface area contributed by atoms with Gasteiger partial charge in [0.25, 0.3) is 0 Å². The van der Waals surface area contributed by atoms with E-state index in [0.717, 1.165) is 34.8 Å². The van der Waals surface area contributed by atoms with E-state index in [1.165, 1.54) is 43.4 Å². The first-order valence-electron chi connectivity index (χ1n) is 7.61. The van der Waals surface area contributed by atoms with E-state index in [0.29, 0.717) is 10.6 Å². The molecule has 2 aromatic carbocycles. The monoisotopic (exact) mass is 397 g/mol. The van der Waals surface area contributed by atoms with Gasteiger partial charge in [0.2, 0.25) is 0 Å². The number of rotatable bonds is 4. The molecule has 27 heavy (non-hydrogen) atoms. The summed E-state index contributed by atoms with van der Waals surface area (Å²) in [5.41, 5.74) is -1.00. The topological polar surface area (TPSA) is 30.2 Å². The van der Waals surface area contributed by atoms with Crippen LogP contribution < -0.4 is 0 Å². The molecule has 140 valence electrons. The maximum atomic E-state index is 13.4. The summed E-state index contributed by atoms with van der Waals surface area (Å²) in [7, 11) is 1.39. The van der Waals surface area contributed by atoms with E-state index in [9.17, 15) is 22.0 Å². The van der Waals surface area contributed by atoms with E-state index in [-0.39, 0.29) is 10.6 Å². The summed E-state index contributed by atoms with van der Waals surface area (Å²) < 4.78 is 67.2. The van der Waals surface area contributed by atoms with Crippen molar-refractivity contribution in [2.75, 3.05) is 0 Å². The molecule has 0 N–H and O–H groups in total. The van der Waals surface area contributed by atoms with Crippen molar-refractivity contribution in [1.29, 1.82) is 0 Å². The number of benzene rings is 2. The normalized spacial score (nSPS) is 12.1. The van der Waals surface area contributed by atoms with Crippen LogP contribution in [0.3, 0.4) is 0 Å². The first-order chi connectivity index (χ1) is 12.7. The lowest BCUT2D eigenvalue weighted by atomic mass is 10.2. The van der Waals surface area contributed by atoms with E-state index < -0.39 is 23.5 Å². The van der Waals surface area contributed by atoms with Crippen LogP contribution in [0, 0.1) is 11.6 Å². The highest BCUT2D eigenvalue weighted by Gasteiger charge is 2.38. The maximum absolute atomic E-state index is 13.4. The maximum Gasteiger partial charge on any atom is 0.435 e. The lowest BCUT2D eigenvalue weighted by molar-refractivity contribution is -0.141. The van der Waals surface area contributed by atoms with E-state index in [1.807, 2.05) is 0 Å². The number of aliphatic imine (C=N–C) groups is 1. The lowest BCUT2D eigenvalue weighted by Crippen LogP contribution is -2.09. The van der Waals surface area contributed by atoms with Crippen LogP contribution in [0.25, 0.3) is 0 Å². The third-order valence-corrected chi connectivity index (χ3v) is 4.68. The van der Waals surface area contributed by atoms with Gasteiger partial charge < -0.3 is 0 Å². The van der Waals surface area contributed by atoms with Crippen molar-refractivity contribution >= 4 is 23.7 Å². The molecule has 1 aromatic heterocycles. The van der Waals surface area contributed by atoms with Crippen LogP contribution >= 0.6 is 11.8 Å². The highest BCUT2D eigenvalue weighted by atomic mass is 32.2. The van der Waals surface area contributed by atoms with E-state index in [1.54, 1.807) is 0 Å². The fourth-order valence-corrected chi connectivity index (χ4v) is 3.18. The fourth-order valence-electron chi connectivity index (χ4n) is 2.25. The van der Waals surface area contributed by atoms with Crippen molar-refractivity contribution in [3.05, 3.63) is 71.4 Å². The molecule has 0 aliphatic heterocycles. The van der Waals surface area contributed by atoms with Crippen LogP contribution in [0.1, 0.15) is 11.3 Å². The predicted molar refractivity (Wildman–Crippen MR) is 92.4 cm³/mol. The van der Waals surface area contributed by atoms with Gasteiger partial charge in [0.15, 0.2) is 5.69 Å². The smallest absolute Gasteiger partial charge is 0.260 e. The number of halogens is 5. The van der Waals surface area contributed by atoms with Crippen molar-refractivity contribution in [2.45, 2.75) is 16.1 Å². The SMILES string of the molecule is Cn1nc(C(F)(F)F)c(C=Nc2ccc(F)cc2)c1Sc1ccc(F)cc1. The van der Waals surface area contributed by atoms with Gasteiger partial charge in [-0.15, -0.1) is 0 Å². The Bertz CT molecular complexity index is 960. The van der Waals surface area contributed by atoms with Gasteiger partial charge in [-0.05, 0) is 48.5 Å². The summed E-state index contributed by atoms with van der Waals surface area (Å²) in [5, 5.41) is 3.76. The number of aryl methyl sites for hydroxylation is 1. The lowest BCUT2D eigenvalue weighted by Gasteiger charge is -2.05. The standard InChI is InChI=1S/C18H12F5N3S/c1-26-17(27-14-8-4-12(20)5-9-14)15(16(25-26)18(21,22)23)10-24-13-6-2-11(19)3-7-13/h2-10H,1H3. The summed E-state index contributed by atoms with van der Waals surface area (Å²) in [6.45, 7) is 0. The molecule has 3 rings (SSSR count). The largest absolute Gasteiger partial charge is 0.435 e. The van der Waals surface area contributed by atoms with Crippen molar-refractivity contribution in [1.82, 2.24) is 9.78 Å². The van der Waals surface area contributed by atoms with E-state index in [4.69, 9.17) is 0 Å². The molecule has 0 spiro atoms. The van der Waals surface area contributed by atoms with Gasteiger partial charge in [-0.1, -0.05) is 11.8 Å². The minimum atomic E-state index is -4.68. The van der Waals surface area contributed by atoms with Gasteiger partial charge in [-0.3, -0.25) is 9.67 Å². The molecule has 3 aromatic rings. The summed E-state index contributed by atoms with van der Waals surface area (Å²) >= 11 is 1.01. The van der Waals surface area contributed by atoms with Gasteiger partial charge in [-0.25, -0.2) is 8.78 Å². The molecule has 0 fully saturated rings. The second kappa shape index (κ2) is 7.51. The second-order valence-electron chi connectivity index (χ2n) is 5.48. The molecule has 0 radical (unpaired) electrons. The molecule has 1 heterocycles. The molecule has 0 bridgehead atoms. The van der Waals surface area contributed by atoms with Crippen LogP contribution in [0.15, 0.2) is 63.4 Å². The predicted octanol–water partition coefficient (Wildman–Crippen LogP) is 5.62. The molecule has 0 atom stereocenters. The van der Waals surface area contributed by atoms with Crippen molar-refractivity contribution in [2.24, 2.45) is 12.0 Å². The highest BCUT2D eigenvalue weighted by Crippen LogP contribution is 2.37. The molecule has 0 saturated heterocycles. The molecular weight excluding hydrogens is 385 g/mol. The average molecular weight is 397 g/mol. The van der Waals surface area contributed by atoms with Gasteiger partial charge in [0.05, 0.1) is 11.3 Å². The first-order valence-corrected chi connectivity index (χ1v) is 8.43. The van der Waals surface area contributed by atoms with Crippen molar-refractivity contribution < 1.29 is 22.0 Å². The number of aromatic nitrogens is 2. The van der Waals surface area contributed by atoms with Crippen molar-refractivity contribution in [3.63, 3.8) is 0 Å². The summed E-state index contributed by atoms with van der Waals surface area (Å²) in [5.74, 6) is -0.919. The van der Waals surface area contributed by atoms with Crippen LogP contribution in [-0.2, 0) is 13.2 Å². The Morgan fingerprint density at radius 3 is 2.07 bits per heavy atom. The molecule has 0 amide bonds. The zero-order valence-electron chi connectivity index (χ0n) is 13.8. The Kier molecular flexibility index (Phi) is 5.31. The molecule has 9 heteroatoms. The zero-order valence-corrected chi connectivity index (χ0v) is 14.7. The number of hydrogen-bond donors (Lipinski definition) is 0. The molecule has 0 unspecified atom stereocenters. The minimum absolute atomic E-state index is 0.194. The third-order valence-electron chi connectivity index (χ3n) is 3.50. The van der Waals surface area contributed by atoms with Gasteiger partial charge >= 0.3 is 6.18 Å². The highest BCUT2D eigenvalue weighted by molar-refractivity contribution is 7.99. The van der Waals surface area contributed by atoms with Crippen LogP contribution in [-0.4, -0.2) is 16.0 Å². The summed E-state index contributed by atoms with van der Waals surface area (Å²) in [6.07, 6.45) is -3.63. The molecular formula is C18H12F5N3S. The average Bonchev–Trinajstić information content (AvgIpc) is 2.93. The fraction of sp³-hybridized carbons (Fsp3) is 0.111. The molecule has 0 aliphatic rings. The Labute approximate surface area is 155 Å². The van der Waals surface area contributed by atoms with Crippen LogP contribution in [0.2, 0.25) is 0 Å². The Hall–Kier alpha value is -2.68. The van der Waals surface area contributed by atoms with E-state index >= 15 is 0 Å². The summed E-state index contributed by atoms with van der Waals surface area (Å²) in [6, 6.07) is 10.4. The third kappa shape index (κ3) is 4.54. The first kappa shape index (κ1) is 19.1. The molecule has 0 saturated carbocycles. The Balaban J connectivity index is 2.03. The number of hydrogen-bond acceptors (Lipinski definition) is 3. The van der Waals surface area contributed by atoms with Gasteiger partial charge in [-0.2, -0.15) is 18.3 Å². The van der Waals surface area contributed by atoms with Gasteiger partial charge in [0.1, 0.15) is 16.7 Å². The quantitative estimate of drug-likeness (QED) is 0.423. The number of nitrogens with zero attached hydrogens (tertiary/aromatic N) is 3. The Morgan fingerprint density at radius 2 is 1.52 bits per heavy atom. The minimum Gasteiger partial charge on any atom is -0.260 e. The van der Waals surface area contributed by atoms with Crippen molar-refractivity contribution in [3.8, 4) is 0 Å². The Morgan fingerprint density at radius 1 is 0.963 bits per heavy atom. The van der Waals surface area contributed by atoms with E-state index in [2.05, 4.69) is 10.1 Å². The second-order valence-corrected chi connectivity index (χ2v) is 6.54. The van der Waals surface area contributed by atoms with Gasteiger partial charge in [0, 0.05) is 18.2 Å².